The molecule has 0 fully saturated rings. The van der Waals surface area contributed by atoms with Crippen LogP contribution in [-0.4, -0.2) is 24.6 Å². The van der Waals surface area contributed by atoms with Gasteiger partial charge in [-0.15, -0.1) is 0 Å². The molecule has 5 nitrogen and oxygen atoms in total. The van der Waals surface area contributed by atoms with Crippen LogP contribution in [0.5, 0.6) is 0 Å². The molecule has 22 heavy (non-hydrogen) atoms. The number of nitrogens with zero attached hydrogens (tertiary/aromatic N) is 1. The van der Waals surface area contributed by atoms with Crippen molar-refractivity contribution in [2.75, 3.05) is 0 Å². The van der Waals surface area contributed by atoms with E-state index in [2.05, 4.69) is 9.71 Å². The van der Waals surface area contributed by atoms with Crippen molar-refractivity contribution in [2.45, 2.75) is 24.5 Å². The van der Waals surface area contributed by atoms with Crippen LogP contribution in [0.15, 0.2) is 48.7 Å². The molecule has 0 radical (unpaired) electrons. The normalized spacial score (nSPS) is 18.3. The van der Waals surface area contributed by atoms with Gasteiger partial charge in [-0.25, -0.2) is 13.1 Å². The zero-order chi connectivity index (χ0) is 15.6. The lowest BCUT2D eigenvalue weighted by Gasteiger charge is -2.18. The zero-order valence-electron chi connectivity index (χ0n) is 11.9. The molecular weight excluding hydrogens is 300 g/mol. The van der Waals surface area contributed by atoms with Crippen LogP contribution >= 0.6 is 0 Å². The second-order valence-electron chi connectivity index (χ2n) is 5.26. The maximum atomic E-state index is 12.4. The first-order valence-electron chi connectivity index (χ1n) is 7.12. The molecule has 6 heteroatoms. The Kier molecular flexibility index (Phi) is 3.94. The van der Waals surface area contributed by atoms with Gasteiger partial charge in [-0.1, -0.05) is 24.3 Å². The molecule has 1 aromatic heterocycles. The Balaban J connectivity index is 1.89. The fraction of sp³-hybridized carbons (Fsp3) is 0.250. The van der Waals surface area contributed by atoms with Crippen LogP contribution in [0.3, 0.4) is 0 Å². The van der Waals surface area contributed by atoms with Gasteiger partial charge in [0, 0.05) is 17.1 Å². The lowest BCUT2D eigenvalue weighted by molar-refractivity contribution is 0.0982. The molecule has 114 valence electrons. The molecule has 1 aliphatic carbocycles. The first kappa shape index (κ1) is 14.7. The van der Waals surface area contributed by atoms with E-state index in [9.17, 15) is 13.2 Å². The molecule has 1 heterocycles. The number of hydrogen-bond donors (Lipinski definition) is 1. The van der Waals surface area contributed by atoms with Gasteiger partial charge < -0.3 is 0 Å². The Morgan fingerprint density at radius 3 is 2.82 bits per heavy atom. The first-order chi connectivity index (χ1) is 10.6. The summed E-state index contributed by atoms with van der Waals surface area (Å²) in [5.74, 6) is -0.604. The maximum absolute atomic E-state index is 12.4. The molecular formula is C16H16N2O3S. The zero-order valence-corrected chi connectivity index (χ0v) is 12.7. The van der Waals surface area contributed by atoms with Crippen LogP contribution in [0.25, 0.3) is 10.9 Å². The molecule has 1 amide bonds. The smallest absolute Gasteiger partial charge is 0.265 e. The predicted molar refractivity (Wildman–Crippen MR) is 84.9 cm³/mol. The topological polar surface area (TPSA) is 76.1 Å². The van der Waals surface area contributed by atoms with Crippen molar-refractivity contribution in [2.24, 2.45) is 0 Å². The van der Waals surface area contributed by atoms with Gasteiger partial charge in [0.25, 0.3) is 5.91 Å². The van der Waals surface area contributed by atoms with Crippen LogP contribution in [0.1, 0.15) is 29.6 Å². The number of rotatable bonds is 3. The van der Waals surface area contributed by atoms with Crippen LogP contribution in [-0.2, 0) is 10.0 Å². The van der Waals surface area contributed by atoms with E-state index in [1.807, 2.05) is 12.2 Å². The number of benzene rings is 1. The molecule has 1 aromatic carbocycles. The van der Waals surface area contributed by atoms with Gasteiger partial charge in [0.2, 0.25) is 10.0 Å². The van der Waals surface area contributed by atoms with Gasteiger partial charge in [-0.2, -0.15) is 0 Å². The number of carbonyl (C=O) groups excluding carboxylic acids is 1. The molecule has 0 saturated heterocycles. The molecule has 2 aromatic rings. The van der Waals surface area contributed by atoms with Crippen LogP contribution in [0.4, 0.5) is 0 Å². The predicted octanol–water partition coefficient (Wildman–Crippen LogP) is 2.40. The Bertz CT molecular complexity index is 838. The molecule has 1 unspecified atom stereocenters. The second kappa shape index (κ2) is 5.88. The van der Waals surface area contributed by atoms with Gasteiger partial charge in [0.1, 0.15) is 0 Å². The summed E-state index contributed by atoms with van der Waals surface area (Å²) in [6.07, 6.45) is 7.15. The summed E-state index contributed by atoms with van der Waals surface area (Å²) in [6.45, 7) is 0. The lowest BCUT2D eigenvalue weighted by Crippen LogP contribution is -2.38. The minimum absolute atomic E-state index is 0.320. The first-order valence-corrected chi connectivity index (χ1v) is 8.67. The summed E-state index contributed by atoms with van der Waals surface area (Å²) < 4.78 is 26.9. The Morgan fingerprint density at radius 1 is 1.18 bits per heavy atom. The molecule has 0 bridgehead atoms. The van der Waals surface area contributed by atoms with Crippen LogP contribution < -0.4 is 4.72 Å². The summed E-state index contributed by atoms with van der Waals surface area (Å²) in [5, 5.41) is 0.0933. The average molecular weight is 316 g/mol. The monoisotopic (exact) mass is 316 g/mol. The summed E-state index contributed by atoms with van der Waals surface area (Å²) in [6, 6.07) is 8.56. The fourth-order valence-electron chi connectivity index (χ4n) is 2.62. The number of aromatic nitrogens is 1. The highest BCUT2D eigenvalue weighted by molar-refractivity contribution is 7.90. The number of allylic oxidation sites excluding steroid dienone is 2. The quantitative estimate of drug-likeness (QED) is 0.882. The number of carbonyl (C=O) groups is 1. The number of hydrogen-bond acceptors (Lipinski definition) is 4. The van der Waals surface area contributed by atoms with E-state index in [1.54, 1.807) is 36.5 Å². The highest BCUT2D eigenvalue weighted by Gasteiger charge is 2.28. The van der Waals surface area contributed by atoms with Crippen molar-refractivity contribution in [3.63, 3.8) is 0 Å². The summed E-state index contributed by atoms with van der Waals surface area (Å²) in [5.41, 5.74) is 0.980. The van der Waals surface area contributed by atoms with Gasteiger partial charge in [0.15, 0.2) is 0 Å². The van der Waals surface area contributed by atoms with E-state index in [4.69, 9.17) is 0 Å². The minimum atomic E-state index is -3.67. The average Bonchev–Trinajstić information content (AvgIpc) is 2.54. The van der Waals surface area contributed by atoms with E-state index in [0.717, 1.165) is 6.42 Å². The Labute approximate surface area is 129 Å². The fourth-order valence-corrected chi connectivity index (χ4v) is 3.96. The third-order valence-corrected chi connectivity index (χ3v) is 5.56. The van der Waals surface area contributed by atoms with Crippen molar-refractivity contribution in [1.29, 1.82) is 0 Å². The van der Waals surface area contributed by atoms with Crippen molar-refractivity contribution >= 4 is 26.8 Å². The van der Waals surface area contributed by atoms with E-state index < -0.39 is 21.2 Å². The summed E-state index contributed by atoms with van der Waals surface area (Å²) >= 11 is 0. The largest absolute Gasteiger partial charge is 0.268 e. The maximum Gasteiger partial charge on any atom is 0.265 e. The number of sulfonamides is 1. The van der Waals surface area contributed by atoms with E-state index in [0.29, 0.717) is 29.3 Å². The third-order valence-electron chi connectivity index (χ3n) is 3.79. The SMILES string of the molecule is O=C(NS(=O)(=O)C1CC=CCC1)c1cccc2ncccc12. The molecule has 1 N–H and O–H groups in total. The standard InChI is InChI=1S/C16H16N2O3S/c19-16(18-22(20,21)12-6-2-1-3-7-12)14-8-4-10-15-13(14)9-5-11-17-15/h1-2,4-5,8-12H,3,6-7H2,(H,18,19). The number of pyridine rings is 1. The van der Waals surface area contributed by atoms with Gasteiger partial charge in [-0.05, 0) is 37.5 Å². The number of fused-ring (bicyclic) bond motifs is 1. The van der Waals surface area contributed by atoms with Crippen LogP contribution in [0, 0.1) is 0 Å². The second-order valence-corrected chi connectivity index (χ2v) is 7.22. The highest BCUT2D eigenvalue weighted by atomic mass is 32.2. The Morgan fingerprint density at radius 2 is 2.05 bits per heavy atom. The van der Waals surface area contributed by atoms with E-state index in [-0.39, 0.29) is 0 Å². The minimum Gasteiger partial charge on any atom is -0.268 e. The van der Waals surface area contributed by atoms with Crippen molar-refractivity contribution in [3.05, 3.63) is 54.2 Å². The van der Waals surface area contributed by atoms with E-state index in [1.165, 1.54) is 0 Å². The van der Waals surface area contributed by atoms with Gasteiger partial charge >= 0.3 is 0 Å². The summed E-state index contributed by atoms with van der Waals surface area (Å²) in [4.78, 5) is 16.6. The number of amides is 1. The molecule has 1 aliphatic rings. The molecule has 0 aliphatic heterocycles. The molecule has 1 atom stereocenters. The van der Waals surface area contributed by atoms with Gasteiger partial charge in [0.05, 0.1) is 10.8 Å². The van der Waals surface area contributed by atoms with Crippen LogP contribution in [0.2, 0.25) is 0 Å². The Hall–Kier alpha value is -2.21. The van der Waals surface area contributed by atoms with Crippen molar-refractivity contribution < 1.29 is 13.2 Å². The van der Waals surface area contributed by atoms with Crippen molar-refractivity contribution in [3.8, 4) is 0 Å². The lowest BCUT2D eigenvalue weighted by atomic mass is 10.1. The summed E-state index contributed by atoms with van der Waals surface area (Å²) in [7, 11) is -3.67. The molecule has 3 rings (SSSR count). The molecule has 0 saturated carbocycles. The van der Waals surface area contributed by atoms with Crippen molar-refractivity contribution in [1.82, 2.24) is 9.71 Å². The number of nitrogens with one attached hydrogen (secondary N) is 1. The third kappa shape index (κ3) is 2.87. The highest BCUT2D eigenvalue weighted by Crippen LogP contribution is 2.20. The molecule has 0 spiro atoms. The van der Waals surface area contributed by atoms with Gasteiger partial charge in [-0.3, -0.25) is 9.78 Å². The van der Waals surface area contributed by atoms with E-state index >= 15 is 0 Å².